The van der Waals surface area contributed by atoms with Crippen LogP contribution in [-0.4, -0.2) is 80.6 Å². The number of hydrogen-bond donors (Lipinski definition) is 1. The molecule has 0 radical (unpaired) electrons. The molecule has 0 bridgehead atoms. The number of piperazine rings is 1. The highest BCUT2D eigenvalue weighted by atomic mass is 16.5. The Morgan fingerprint density at radius 3 is 2.09 bits per heavy atom. The Morgan fingerprint density at radius 1 is 1.06 bits per heavy atom. The van der Waals surface area contributed by atoms with Crippen molar-refractivity contribution in [2.45, 2.75) is 46.2 Å². The number of carbonyl (C=O) groups excluding carboxylic acids is 3. The Kier molecular flexibility index (Phi) is 8.74. The summed E-state index contributed by atoms with van der Waals surface area (Å²) in [6.45, 7) is 8.65. The minimum absolute atomic E-state index is 0.0350. The minimum Gasteiger partial charge on any atom is -0.493 e. The topological polar surface area (TPSA) is 97.4 Å². The second-order valence-corrected chi connectivity index (χ2v) is 8.19. The second kappa shape index (κ2) is 11.1. The second-order valence-electron chi connectivity index (χ2n) is 8.19. The first-order valence-corrected chi connectivity index (χ1v) is 10.9. The van der Waals surface area contributed by atoms with Crippen molar-refractivity contribution in [2.24, 2.45) is 5.92 Å². The van der Waals surface area contributed by atoms with Gasteiger partial charge >= 0.3 is 0 Å². The third-order valence-electron chi connectivity index (χ3n) is 5.68. The van der Waals surface area contributed by atoms with E-state index in [0.717, 1.165) is 0 Å². The molecule has 0 aliphatic carbocycles. The first-order valence-electron chi connectivity index (χ1n) is 10.9. The van der Waals surface area contributed by atoms with Crippen LogP contribution in [0.2, 0.25) is 0 Å². The number of hydrogen-bond acceptors (Lipinski definition) is 6. The maximum Gasteiger partial charge on any atom is 0.254 e. The molecule has 1 heterocycles. The molecular formula is C23H35N3O6. The standard InChI is InChI=1S/C23H35N3O6/c1-8-19(27)24-20(14(2)3)23(29)25-9-10-26(15(4)13-25)22(28)16-11-17(30-5)21(32-7)18(12-16)31-6/h11-12,14-15,20H,8-10,13H2,1-7H3,(H,24,27). The number of methoxy groups -OCH3 is 3. The van der Waals surface area contributed by atoms with Gasteiger partial charge in [0, 0.05) is 37.7 Å². The SMILES string of the molecule is CCC(=O)NC(C(=O)N1CCN(C(=O)c2cc(OC)c(OC)c(OC)c2)C(C)C1)C(C)C. The Labute approximate surface area is 190 Å². The van der Waals surface area contributed by atoms with E-state index < -0.39 is 6.04 Å². The minimum atomic E-state index is -0.577. The van der Waals surface area contributed by atoms with Gasteiger partial charge in [0.05, 0.1) is 21.3 Å². The first kappa shape index (κ1) is 25.3. The van der Waals surface area contributed by atoms with E-state index in [2.05, 4.69) is 5.32 Å². The molecule has 9 heteroatoms. The fourth-order valence-corrected chi connectivity index (χ4v) is 3.82. The van der Waals surface area contributed by atoms with E-state index in [0.29, 0.717) is 48.9 Å². The van der Waals surface area contributed by atoms with E-state index in [-0.39, 0.29) is 29.7 Å². The van der Waals surface area contributed by atoms with Gasteiger partial charge < -0.3 is 29.3 Å². The van der Waals surface area contributed by atoms with Gasteiger partial charge in [0.25, 0.3) is 5.91 Å². The van der Waals surface area contributed by atoms with Crippen LogP contribution >= 0.6 is 0 Å². The Balaban J connectivity index is 2.17. The lowest BCUT2D eigenvalue weighted by atomic mass is 10.0. The lowest BCUT2D eigenvalue weighted by Crippen LogP contribution is -2.59. The van der Waals surface area contributed by atoms with Gasteiger partial charge in [-0.1, -0.05) is 20.8 Å². The molecule has 1 aromatic carbocycles. The summed E-state index contributed by atoms with van der Waals surface area (Å²) in [6.07, 6.45) is 0.323. The summed E-state index contributed by atoms with van der Waals surface area (Å²) in [5.41, 5.74) is 0.418. The van der Waals surface area contributed by atoms with E-state index in [1.807, 2.05) is 20.8 Å². The average molecular weight is 450 g/mol. The van der Waals surface area contributed by atoms with Gasteiger partial charge in [0.15, 0.2) is 11.5 Å². The monoisotopic (exact) mass is 449 g/mol. The van der Waals surface area contributed by atoms with Crippen molar-refractivity contribution < 1.29 is 28.6 Å². The molecule has 32 heavy (non-hydrogen) atoms. The van der Waals surface area contributed by atoms with Gasteiger partial charge in [-0.3, -0.25) is 14.4 Å². The molecule has 1 aromatic rings. The van der Waals surface area contributed by atoms with Crippen LogP contribution in [-0.2, 0) is 9.59 Å². The molecule has 1 saturated heterocycles. The van der Waals surface area contributed by atoms with Crippen molar-refractivity contribution >= 4 is 17.7 Å². The zero-order valence-electron chi connectivity index (χ0n) is 20.1. The summed E-state index contributed by atoms with van der Waals surface area (Å²) in [5, 5.41) is 2.82. The van der Waals surface area contributed by atoms with Gasteiger partial charge in [-0.25, -0.2) is 0 Å². The average Bonchev–Trinajstić information content (AvgIpc) is 2.79. The van der Waals surface area contributed by atoms with E-state index in [1.165, 1.54) is 21.3 Å². The molecule has 2 atom stereocenters. The maximum absolute atomic E-state index is 13.3. The van der Waals surface area contributed by atoms with Crippen LogP contribution in [0.15, 0.2) is 12.1 Å². The quantitative estimate of drug-likeness (QED) is 0.651. The van der Waals surface area contributed by atoms with Crippen LogP contribution in [0.3, 0.4) is 0 Å². The molecule has 0 aromatic heterocycles. The molecule has 2 rings (SSSR count). The third kappa shape index (κ3) is 5.44. The van der Waals surface area contributed by atoms with E-state index in [4.69, 9.17) is 14.2 Å². The highest BCUT2D eigenvalue weighted by molar-refractivity contribution is 5.96. The molecule has 9 nitrogen and oxygen atoms in total. The van der Waals surface area contributed by atoms with Crippen molar-refractivity contribution in [2.75, 3.05) is 41.0 Å². The smallest absolute Gasteiger partial charge is 0.254 e. The molecule has 1 aliphatic rings. The number of amides is 3. The third-order valence-corrected chi connectivity index (χ3v) is 5.68. The predicted molar refractivity (Wildman–Crippen MR) is 120 cm³/mol. The molecule has 1 aliphatic heterocycles. The van der Waals surface area contributed by atoms with E-state index in [1.54, 1.807) is 28.9 Å². The van der Waals surface area contributed by atoms with Gasteiger partial charge in [-0.2, -0.15) is 0 Å². The van der Waals surface area contributed by atoms with E-state index >= 15 is 0 Å². The Morgan fingerprint density at radius 2 is 1.66 bits per heavy atom. The zero-order chi connectivity index (χ0) is 24.0. The number of nitrogens with zero attached hydrogens (tertiary/aromatic N) is 2. The summed E-state index contributed by atoms with van der Waals surface area (Å²) < 4.78 is 16.0. The summed E-state index contributed by atoms with van der Waals surface area (Å²) in [6, 6.07) is 2.48. The van der Waals surface area contributed by atoms with Gasteiger partial charge in [-0.15, -0.1) is 0 Å². The number of nitrogens with one attached hydrogen (secondary N) is 1. The fraction of sp³-hybridized carbons (Fsp3) is 0.609. The van der Waals surface area contributed by atoms with Crippen LogP contribution in [0.1, 0.15) is 44.5 Å². The van der Waals surface area contributed by atoms with Crippen molar-refractivity contribution in [3.63, 3.8) is 0 Å². The number of rotatable bonds is 8. The van der Waals surface area contributed by atoms with Crippen LogP contribution in [0.5, 0.6) is 17.2 Å². The van der Waals surface area contributed by atoms with Crippen molar-refractivity contribution in [3.8, 4) is 17.2 Å². The van der Waals surface area contributed by atoms with Crippen LogP contribution in [0.4, 0.5) is 0 Å². The van der Waals surface area contributed by atoms with Gasteiger partial charge in [-0.05, 0) is 25.0 Å². The number of carbonyl (C=O) groups is 3. The molecule has 0 saturated carbocycles. The highest BCUT2D eigenvalue weighted by Crippen LogP contribution is 2.38. The van der Waals surface area contributed by atoms with Gasteiger partial charge in [0.2, 0.25) is 17.6 Å². The molecule has 178 valence electrons. The fourth-order valence-electron chi connectivity index (χ4n) is 3.82. The number of benzene rings is 1. The lowest BCUT2D eigenvalue weighted by Gasteiger charge is -2.41. The molecule has 3 amide bonds. The zero-order valence-corrected chi connectivity index (χ0v) is 20.1. The number of ether oxygens (including phenoxy) is 3. The highest BCUT2D eigenvalue weighted by Gasteiger charge is 2.35. The van der Waals surface area contributed by atoms with Crippen LogP contribution in [0, 0.1) is 5.92 Å². The Bertz CT molecular complexity index is 816. The summed E-state index contributed by atoms with van der Waals surface area (Å²) in [5.74, 6) is 0.751. The maximum atomic E-state index is 13.3. The molecule has 1 N–H and O–H groups in total. The predicted octanol–water partition coefficient (Wildman–Crippen LogP) is 1.94. The van der Waals surface area contributed by atoms with Gasteiger partial charge in [0.1, 0.15) is 6.04 Å². The largest absolute Gasteiger partial charge is 0.493 e. The van der Waals surface area contributed by atoms with Crippen molar-refractivity contribution in [3.05, 3.63) is 17.7 Å². The summed E-state index contributed by atoms with van der Waals surface area (Å²) in [7, 11) is 4.51. The summed E-state index contributed by atoms with van der Waals surface area (Å²) in [4.78, 5) is 41.7. The molecule has 0 spiro atoms. The summed E-state index contributed by atoms with van der Waals surface area (Å²) >= 11 is 0. The Hall–Kier alpha value is -2.97. The molecule has 2 unspecified atom stereocenters. The first-order chi connectivity index (χ1) is 15.2. The lowest BCUT2D eigenvalue weighted by molar-refractivity contribution is -0.139. The van der Waals surface area contributed by atoms with Crippen molar-refractivity contribution in [1.29, 1.82) is 0 Å². The van der Waals surface area contributed by atoms with E-state index in [9.17, 15) is 14.4 Å². The van der Waals surface area contributed by atoms with Crippen molar-refractivity contribution in [1.82, 2.24) is 15.1 Å². The van der Waals surface area contributed by atoms with Crippen LogP contribution in [0.25, 0.3) is 0 Å². The molecular weight excluding hydrogens is 414 g/mol. The normalized spacial score (nSPS) is 17.1. The molecule has 1 fully saturated rings. The van der Waals surface area contributed by atoms with Crippen LogP contribution < -0.4 is 19.5 Å².